The number of aryl methyl sites for hydroxylation is 2. The van der Waals surface area contributed by atoms with Crippen molar-refractivity contribution in [3.8, 4) is 17.2 Å². The lowest BCUT2D eigenvalue weighted by molar-refractivity contribution is -0.385. The van der Waals surface area contributed by atoms with Gasteiger partial charge in [0.15, 0.2) is 11.5 Å². The summed E-state index contributed by atoms with van der Waals surface area (Å²) in [5.74, 6) is -0.308. The summed E-state index contributed by atoms with van der Waals surface area (Å²) in [5.41, 5.74) is 1.51. The zero-order valence-corrected chi connectivity index (χ0v) is 19.2. The molecule has 3 aromatic carbocycles. The van der Waals surface area contributed by atoms with Gasteiger partial charge in [0.1, 0.15) is 0 Å². The standard InChI is InChI=1S/C24H20ClF3N2O4/c1-4-33-22-11-16(13-29-18-7-5-14(2)15(3)9-18)10-19(25)23(22)34-21-8-6-17(24(26,27)28)12-20(21)30(31)32/h5-13H,4H2,1-3H3. The van der Waals surface area contributed by atoms with E-state index in [1.165, 1.54) is 6.07 Å². The molecule has 0 aliphatic rings. The van der Waals surface area contributed by atoms with Gasteiger partial charge < -0.3 is 9.47 Å². The first-order valence-corrected chi connectivity index (χ1v) is 10.5. The van der Waals surface area contributed by atoms with E-state index >= 15 is 0 Å². The Bertz CT molecular complexity index is 1260. The molecule has 0 aromatic heterocycles. The van der Waals surface area contributed by atoms with E-state index in [2.05, 4.69) is 4.99 Å². The number of ether oxygens (including phenoxy) is 2. The molecule has 10 heteroatoms. The summed E-state index contributed by atoms with van der Waals surface area (Å²) < 4.78 is 50.1. The molecule has 0 bridgehead atoms. The molecule has 3 rings (SSSR count). The molecule has 0 heterocycles. The van der Waals surface area contributed by atoms with E-state index in [-0.39, 0.29) is 23.1 Å². The second-order valence-corrected chi connectivity index (χ2v) is 7.74. The van der Waals surface area contributed by atoms with Crippen molar-refractivity contribution in [1.29, 1.82) is 0 Å². The van der Waals surface area contributed by atoms with Crippen LogP contribution in [0.5, 0.6) is 17.2 Å². The van der Waals surface area contributed by atoms with Gasteiger partial charge in [0.25, 0.3) is 0 Å². The minimum atomic E-state index is -4.74. The Hall–Kier alpha value is -3.59. The highest BCUT2D eigenvalue weighted by molar-refractivity contribution is 6.32. The molecule has 3 aromatic rings. The van der Waals surface area contributed by atoms with Crippen molar-refractivity contribution in [3.63, 3.8) is 0 Å². The lowest BCUT2D eigenvalue weighted by Crippen LogP contribution is -2.06. The largest absolute Gasteiger partial charge is 0.490 e. The Kier molecular flexibility index (Phi) is 7.46. The van der Waals surface area contributed by atoms with Crippen LogP contribution in [0, 0.1) is 24.0 Å². The van der Waals surface area contributed by atoms with E-state index in [1.807, 2.05) is 32.0 Å². The second-order valence-electron chi connectivity index (χ2n) is 7.33. The highest BCUT2D eigenvalue weighted by Gasteiger charge is 2.33. The fourth-order valence-corrected chi connectivity index (χ4v) is 3.27. The van der Waals surface area contributed by atoms with Crippen LogP contribution >= 0.6 is 11.6 Å². The van der Waals surface area contributed by atoms with E-state index in [9.17, 15) is 23.3 Å². The minimum absolute atomic E-state index is 0.0432. The van der Waals surface area contributed by atoms with E-state index < -0.39 is 28.1 Å². The molecule has 0 aliphatic carbocycles. The first kappa shape index (κ1) is 25.0. The summed E-state index contributed by atoms with van der Waals surface area (Å²) in [4.78, 5) is 14.9. The number of nitro groups is 1. The van der Waals surface area contributed by atoms with Crippen molar-refractivity contribution < 1.29 is 27.6 Å². The average molecular weight is 493 g/mol. The van der Waals surface area contributed by atoms with E-state index in [0.29, 0.717) is 17.7 Å². The fraction of sp³-hybridized carbons (Fsp3) is 0.208. The summed E-state index contributed by atoms with van der Waals surface area (Å²) in [6, 6.07) is 10.8. The van der Waals surface area contributed by atoms with Gasteiger partial charge in [0.05, 0.1) is 27.8 Å². The highest BCUT2D eigenvalue weighted by atomic mass is 35.5. The summed E-state index contributed by atoms with van der Waals surface area (Å²) in [5, 5.41) is 11.4. The maximum Gasteiger partial charge on any atom is 0.416 e. The van der Waals surface area contributed by atoms with Gasteiger partial charge >= 0.3 is 11.9 Å². The van der Waals surface area contributed by atoms with Gasteiger partial charge in [0, 0.05) is 12.3 Å². The van der Waals surface area contributed by atoms with Crippen LogP contribution in [0.2, 0.25) is 5.02 Å². The molecular formula is C24H20ClF3N2O4. The third-order valence-corrected chi connectivity index (χ3v) is 5.16. The number of aliphatic imine (C=N–C) groups is 1. The second kappa shape index (κ2) is 10.1. The SMILES string of the molecule is CCOc1cc(C=Nc2ccc(C)c(C)c2)cc(Cl)c1Oc1ccc(C(F)(F)F)cc1[N+](=O)[O-]. The van der Waals surface area contributed by atoms with Crippen LogP contribution in [-0.2, 0) is 6.18 Å². The topological polar surface area (TPSA) is 74.0 Å². The molecule has 6 nitrogen and oxygen atoms in total. The van der Waals surface area contributed by atoms with Crippen LogP contribution in [0.4, 0.5) is 24.5 Å². The fourth-order valence-electron chi connectivity index (χ4n) is 3.01. The third kappa shape index (κ3) is 5.85. The monoisotopic (exact) mass is 492 g/mol. The van der Waals surface area contributed by atoms with Crippen LogP contribution in [0.25, 0.3) is 0 Å². The Morgan fingerprint density at radius 3 is 2.41 bits per heavy atom. The lowest BCUT2D eigenvalue weighted by Gasteiger charge is -2.15. The highest BCUT2D eigenvalue weighted by Crippen LogP contribution is 2.43. The van der Waals surface area contributed by atoms with Crippen molar-refractivity contribution in [1.82, 2.24) is 0 Å². The molecular weight excluding hydrogens is 473 g/mol. The van der Waals surface area contributed by atoms with Crippen molar-refractivity contribution in [2.45, 2.75) is 26.9 Å². The Balaban J connectivity index is 1.98. The number of hydrogen-bond acceptors (Lipinski definition) is 5. The molecule has 34 heavy (non-hydrogen) atoms. The maximum absolute atomic E-state index is 13.0. The Labute approximate surface area is 198 Å². The maximum atomic E-state index is 13.0. The Morgan fingerprint density at radius 2 is 1.79 bits per heavy atom. The van der Waals surface area contributed by atoms with Crippen LogP contribution in [-0.4, -0.2) is 17.7 Å². The first-order valence-electron chi connectivity index (χ1n) is 10.1. The summed E-state index contributed by atoms with van der Waals surface area (Å²) in [6.45, 7) is 5.91. The zero-order chi connectivity index (χ0) is 25.0. The van der Waals surface area contributed by atoms with Crippen molar-refractivity contribution in [3.05, 3.63) is 85.9 Å². The lowest BCUT2D eigenvalue weighted by atomic mass is 10.1. The predicted molar refractivity (Wildman–Crippen MR) is 124 cm³/mol. The molecule has 0 amide bonds. The number of rotatable bonds is 7. The average Bonchev–Trinajstić information content (AvgIpc) is 2.76. The minimum Gasteiger partial charge on any atom is -0.490 e. The van der Waals surface area contributed by atoms with Gasteiger partial charge in [-0.1, -0.05) is 17.7 Å². The van der Waals surface area contributed by atoms with E-state index in [1.54, 1.807) is 19.2 Å². The van der Waals surface area contributed by atoms with Crippen LogP contribution in [0.15, 0.2) is 53.5 Å². The van der Waals surface area contributed by atoms with Gasteiger partial charge in [-0.3, -0.25) is 15.1 Å². The smallest absolute Gasteiger partial charge is 0.416 e. The molecule has 0 saturated heterocycles. The van der Waals surface area contributed by atoms with Crippen LogP contribution in [0.3, 0.4) is 0 Å². The van der Waals surface area contributed by atoms with E-state index in [4.69, 9.17) is 21.1 Å². The van der Waals surface area contributed by atoms with Crippen molar-refractivity contribution in [2.24, 2.45) is 4.99 Å². The van der Waals surface area contributed by atoms with Crippen molar-refractivity contribution >= 4 is 29.2 Å². The van der Waals surface area contributed by atoms with Gasteiger partial charge in [0.2, 0.25) is 5.75 Å². The number of nitro benzene ring substituents is 1. The summed E-state index contributed by atoms with van der Waals surface area (Å²) in [7, 11) is 0. The number of hydrogen-bond donors (Lipinski definition) is 0. The molecule has 0 N–H and O–H groups in total. The van der Waals surface area contributed by atoms with E-state index in [0.717, 1.165) is 22.9 Å². The molecule has 0 fully saturated rings. The molecule has 0 radical (unpaired) electrons. The Morgan fingerprint density at radius 1 is 1.06 bits per heavy atom. The zero-order valence-electron chi connectivity index (χ0n) is 18.4. The first-order chi connectivity index (χ1) is 16.0. The molecule has 178 valence electrons. The molecule has 0 saturated carbocycles. The number of alkyl halides is 3. The van der Waals surface area contributed by atoms with Gasteiger partial charge in [-0.15, -0.1) is 0 Å². The predicted octanol–water partition coefficient (Wildman–Crippen LogP) is 7.83. The van der Waals surface area contributed by atoms with Crippen LogP contribution < -0.4 is 9.47 Å². The normalized spacial score (nSPS) is 11.6. The molecule has 0 unspecified atom stereocenters. The van der Waals surface area contributed by atoms with Gasteiger partial charge in [-0.25, -0.2) is 0 Å². The molecule has 0 spiro atoms. The number of nitrogens with zero attached hydrogens (tertiary/aromatic N) is 2. The third-order valence-electron chi connectivity index (χ3n) is 4.88. The van der Waals surface area contributed by atoms with Crippen molar-refractivity contribution in [2.75, 3.05) is 6.61 Å². The molecule has 0 aliphatic heterocycles. The van der Waals surface area contributed by atoms with Gasteiger partial charge in [-0.2, -0.15) is 13.2 Å². The molecule has 0 atom stereocenters. The number of halogens is 4. The van der Waals surface area contributed by atoms with Crippen LogP contribution in [0.1, 0.15) is 29.2 Å². The summed E-state index contributed by atoms with van der Waals surface area (Å²) in [6.07, 6.45) is -3.17. The quantitative estimate of drug-likeness (QED) is 0.191. The summed E-state index contributed by atoms with van der Waals surface area (Å²) >= 11 is 6.37. The number of benzene rings is 3. The van der Waals surface area contributed by atoms with Gasteiger partial charge in [-0.05, 0) is 73.9 Å².